The van der Waals surface area contributed by atoms with Crippen LogP contribution in [0.2, 0.25) is 5.02 Å². The average Bonchev–Trinajstić information content (AvgIpc) is 3.35. The van der Waals surface area contributed by atoms with E-state index in [0.717, 1.165) is 16.2 Å². The number of nitrogens with one attached hydrogen (secondary N) is 1. The number of benzene rings is 2. The average molecular weight is 527 g/mol. The van der Waals surface area contributed by atoms with Crippen molar-refractivity contribution in [3.8, 4) is 0 Å². The van der Waals surface area contributed by atoms with Crippen LogP contribution in [0.1, 0.15) is 25.2 Å². The Hall–Kier alpha value is -3.56. The molecule has 0 unspecified atom stereocenters. The first-order valence-electron chi connectivity index (χ1n) is 11.0. The first kappa shape index (κ1) is 25.5. The monoisotopic (exact) mass is 526 g/mol. The molecule has 2 heterocycles. The summed E-state index contributed by atoms with van der Waals surface area (Å²) in [7, 11) is 0. The molecule has 0 aliphatic heterocycles. The van der Waals surface area contributed by atoms with E-state index in [1.54, 1.807) is 38.4 Å². The second kappa shape index (κ2) is 11.0. The van der Waals surface area contributed by atoms with Crippen molar-refractivity contribution in [2.24, 2.45) is 0 Å². The molecule has 0 atom stereocenters. The second-order valence-electron chi connectivity index (χ2n) is 8.49. The number of anilines is 3. The van der Waals surface area contributed by atoms with Crippen molar-refractivity contribution in [3.05, 3.63) is 95.3 Å². The molecule has 0 radical (unpaired) electrons. The minimum atomic E-state index is -0.925. The van der Waals surface area contributed by atoms with E-state index in [2.05, 4.69) is 15.3 Å². The highest BCUT2D eigenvalue weighted by molar-refractivity contribution is 8.01. The van der Waals surface area contributed by atoms with Gasteiger partial charge in [0.2, 0.25) is 5.95 Å². The summed E-state index contributed by atoms with van der Waals surface area (Å²) in [4.78, 5) is 23.3. The third kappa shape index (κ3) is 6.56. The van der Waals surface area contributed by atoms with Crippen LogP contribution in [0.25, 0.3) is 0 Å². The van der Waals surface area contributed by atoms with Crippen LogP contribution >= 0.6 is 23.4 Å². The maximum Gasteiger partial charge on any atom is 0.319 e. The lowest BCUT2D eigenvalue weighted by Gasteiger charge is -2.24. The van der Waals surface area contributed by atoms with Crippen molar-refractivity contribution in [2.45, 2.75) is 36.6 Å². The summed E-state index contributed by atoms with van der Waals surface area (Å²) in [6, 6.07) is 17.6. The Labute approximate surface area is 217 Å². The van der Waals surface area contributed by atoms with Crippen molar-refractivity contribution in [1.29, 1.82) is 0 Å². The number of carbonyl (C=O) groups is 1. The minimum Gasteiger partial charge on any atom is -0.480 e. The highest BCUT2D eigenvalue weighted by Gasteiger charge is 2.28. The molecule has 0 spiro atoms. The summed E-state index contributed by atoms with van der Waals surface area (Å²) in [5.41, 5.74) is 1.57. The van der Waals surface area contributed by atoms with Gasteiger partial charge in [-0.25, -0.2) is 9.37 Å². The summed E-state index contributed by atoms with van der Waals surface area (Å²) in [6.45, 7) is 4.35. The van der Waals surface area contributed by atoms with Crippen LogP contribution in [-0.4, -0.2) is 25.8 Å². The quantitative estimate of drug-likeness (QED) is 0.219. The normalized spacial score (nSPS) is 11.3. The zero-order valence-corrected chi connectivity index (χ0v) is 21.2. The molecule has 2 N–H and O–H groups in total. The largest absolute Gasteiger partial charge is 0.480 e. The number of hydrogen-bond acceptors (Lipinski definition) is 7. The van der Waals surface area contributed by atoms with E-state index in [0.29, 0.717) is 30.5 Å². The number of rotatable bonds is 10. The molecule has 0 bridgehead atoms. The van der Waals surface area contributed by atoms with Gasteiger partial charge in [-0.3, -0.25) is 4.79 Å². The molecule has 2 aromatic carbocycles. The standard InChI is InChI=1S/C26H24ClFN4O3S/c1-26(2,24(33)34)36-20-8-5-17(6-9-20)15-32(16-19-4-3-13-35-19)23-11-12-29-25(31-23)30-18-7-10-22(28)21(27)14-18/h3-14H,15-16H2,1-2H3,(H,33,34)(H,29,30,31). The molecule has 0 amide bonds. The predicted octanol–water partition coefficient (Wildman–Crippen LogP) is 6.77. The Bertz CT molecular complexity index is 1330. The van der Waals surface area contributed by atoms with E-state index in [9.17, 15) is 14.3 Å². The van der Waals surface area contributed by atoms with Crippen molar-refractivity contribution in [3.63, 3.8) is 0 Å². The molecule has 4 aromatic rings. The molecule has 0 saturated carbocycles. The molecular formula is C26H24ClFN4O3S. The van der Waals surface area contributed by atoms with Crippen molar-refractivity contribution < 1.29 is 18.7 Å². The number of carboxylic acids is 1. The Morgan fingerprint density at radius 3 is 2.61 bits per heavy atom. The van der Waals surface area contributed by atoms with E-state index in [1.165, 1.54) is 23.9 Å². The van der Waals surface area contributed by atoms with Gasteiger partial charge < -0.3 is 19.7 Å². The first-order chi connectivity index (χ1) is 17.2. The Balaban J connectivity index is 1.55. The van der Waals surface area contributed by atoms with Crippen LogP contribution in [0.15, 0.2) is 82.4 Å². The highest BCUT2D eigenvalue weighted by Crippen LogP contribution is 2.33. The molecule has 36 heavy (non-hydrogen) atoms. The number of thioether (sulfide) groups is 1. The first-order valence-corrected chi connectivity index (χ1v) is 12.2. The van der Waals surface area contributed by atoms with Crippen LogP contribution in [-0.2, 0) is 17.9 Å². The maximum atomic E-state index is 13.5. The lowest BCUT2D eigenvalue weighted by atomic mass is 10.2. The van der Waals surface area contributed by atoms with Crippen molar-refractivity contribution in [1.82, 2.24) is 9.97 Å². The topological polar surface area (TPSA) is 91.5 Å². The van der Waals surface area contributed by atoms with Crippen LogP contribution in [0.4, 0.5) is 21.8 Å². The maximum absolute atomic E-state index is 13.5. The van der Waals surface area contributed by atoms with Crippen LogP contribution < -0.4 is 10.2 Å². The van der Waals surface area contributed by atoms with Gasteiger partial charge in [-0.2, -0.15) is 4.98 Å². The number of halogens is 2. The fourth-order valence-electron chi connectivity index (χ4n) is 3.32. The summed E-state index contributed by atoms with van der Waals surface area (Å²) in [5.74, 6) is 0.392. The molecule has 4 rings (SSSR count). The van der Waals surface area contributed by atoms with Gasteiger partial charge in [0.1, 0.15) is 22.1 Å². The Kier molecular flexibility index (Phi) is 7.81. The molecule has 0 saturated heterocycles. The van der Waals surface area contributed by atoms with Gasteiger partial charge in [-0.1, -0.05) is 23.7 Å². The summed E-state index contributed by atoms with van der Waals surface area (Å²) >= 11 is 7.18. The van der Waals surface area contributed by atoms with E-state index >= 15 is 0 Å². The highest BCUT2D eigenvalue weighted by atomic mass is 35.5. The summed E-state index contributed by atoms with van der Waals surface area (Å²) < 4.78 is 18.1. The van der Waals surface area contributed by atoms with Crippen LogP contribution in [0.5, 0.6) is 0 Å². The molecular weight excluding hydrogens is 503 g/mol. The van der Waals surface area contributed by atoms with Gasteiger partial charge >= 0.3 is 5.97 Å². The zero-order chi connectivity index (χ0) is 25.7. The van der Waals surface area contributed by atoms with Gasteiger partial charge in [-0.05, 0) is 67.9 Å². The SMILES string of the molecule is CC(C)(Sc1ccc(CN(Cc2ccco2)c2ccnc(Nc3ccc(F)c(Cl)c3)n2)cc1)C(=O)O. The number of aromatic nitrogens is 2. The van der Waals surface area contributed by atoms with E-state index in [4.69, 9.17) is 16.0 Å². The minimum absolute atomic E-state index is 0.00366. The molecule has 0 aliphatic rings. The van der Waals surface area contributed by atoms with Crippen molar-refractivity contribution in [2.75, 3.05) is 10.2 Å². The molecule has 186 valence electrons. The van der Waals surface area contributed by atoms with Gasteiger partial charge in [0.05, 0.1) is 17.8 Å². The molecule has 2 aromatic heterocycles. The molecule has 0 fully saturated rings. The zero-order valence-electron chi connectivity index (χ0n) is 19.6. The summed E-state index contributed by atoms with van der Waals surface area (Å²) in [5, 5.41) is 12.4. The number of hydrogen-bond donors (Lipinski definition) is 2. The number of furan rings is 1. The fourth-order valence-corrected chi connectivity index (χ4v) is 4.45. The Morgan fingerprint density at radius 1 is 1.17 bits per heavy atom. The molecule has 0 aliphatic carbocycles. The van der Waals surface area contributed by atoms with Gasteiger partial charge in [-0.15, -0.1) is 11.8 Å². The summed E-state index contributed by atoms with van der Waals surface area (Å²) in [6.07, 6.45) is 3.26. The number of nitrogens with zero attached hydrogens (tertiary/aromatic N) is 3. The fraction of sp³-hybridized carbons (Fsp3) is 0.192. The molecule has 7 nitrogen and oxygen atoms in total. The van der Waals surface area contributed by atoms with E-state index in [1.807, 2.05) is 41.3 Å². The third-order valence-electron chi connectivity index (χ3n) is 5.25. The van der Waals surface area contributed by atoms with E-state index in [-0.39, 0.29) is 5.02 Å². The van der Waals surface area contributed by atoms with Crippen molar-refractivity contribution >= 4 is 46.8 Å². The van der Waals surface area contributed by atoms with Gasteiger partial charge in [0, 0.05) is 23.3 Å². The second-order valence-corrected chi connectivity index (χ2v) is 10.6. The van der Waals surface area contributed by atoms with Crippen LogP contribution in [0.3, 0.4) is 0 Å². The number of aliphatic carboxylic acids is 1. The van der Waals surface area contributed by atoms with Crippen LogP contribution in [0, 0.1) is 5.82 Å². The third-order valence-corrected chi connectivity index (χ3v) is 6.73. The number of carboxylic acid groups (broad SMARTS) is 1. The smallest absolute Gasteiger partial charge is 0.319 e. The van der Waals surface area contributed by atoms with Gasteiger partial charge in [0.15, 0.2) is 0 Å². The Morgan fingerprint density at radius 2 is 1.94 bits per heavy atom. The molecule has 10 heteroatoms. The van der Waals surface area contributed by atoms with Gasteiger partial charge in [0.25, 0.3) is 0 Å². The lowest BCUT2D eigenvalue weighted by molar-refractivity contribution is -0.138. The predicted molar refractivity (Wildman–Crippen MR) is 139 cm³/mol. The van der Waals surface area contributed by atoms with E-state index < -0.39 is 16.5 Å². The lowest BCUT2D eigenvalue weighted by Crippen LogP contribution is -2.26.